The molecule has 2 heterocycles. The lowest BCUT2D eigenvalue weighted by Crippen LogP contribution is -2.23. The molecule has 4 rings (SSSR count). The van der Waals surface area contributed by atoms with Crippen LogP contribution in [0.15, 0.2) is 42.5 Å². The van der Waals surface area contributed by atoms with E-state index in [0.29, 0.717) is 22.3 Å². The van der Waals surface area contributed by atoms with Crippen LogP contribution in [0.5, 0.6) is 11.5 Å². The fraction of sp³-hybridized carbons (Fsp3) is 0.200. The molecular formula is C20H18ClN3O3. The molecule has 2 N–H and O–H groups in total. The number of rotatable bonds is 4. The summed E-state index contributed by atoms with van der Waals surface area (Å²) in [4.78, 5) is 12.3. The molecule has 7 heteroatoms. The fourth-order valence-electron chi connectivity index (χ4n) is 3.54. The van der Waals surface area contributed by atoms with Crippen molar-refractivity contribution in [2.45, 2.75) is 12.3 Å². The molecule has 0 spiro atoms. The van der Waals surface area contributed by atoms with E-state index in [4.69, 9.17) is 21.1 Å². The number of carbonyl (C=O) groups is 1. The topological polar surface area (TPSA) is 76.2 Å². The Morgan fingerprint density at radius 3 is 2.59 bits per heavy atom. The highest BCUT2D eigenvalue weighted by molar-refractivity contribution is 6.30. The van der Waals surface area contributed by atoms with E-state index >= 15 is 0 Å². The molecule has 1 aliphatic heterocycles. The number of benzene rings is 2. The maximum atomic E-state index is 12.3. The number of hydrogen-bond donors (Lipinski definition) is 2. The van der Waals surface area contributed by atoms with Gasteiger partial charge in [-0.2, -0.15) is 5.10 Å². The van der Waals surface area contributed by atoms with Crippen molar-refractivity contribution in [1.82, 2.24) is 10.2 Å². The highest BCUT2D eigenvalue weighted by Crippen LogP contribution is 2.46. The molecule has 0 unspecified atom stereocenters. The molecule has 0 saturated heterocycles. The zero-order valence-corrected chi connectivity index (χ0v) is 15.6. The number of aromatic amines is 1. The molecule has 0 saturated carbocycles. The number of H-pyrrole nitrogens is 1. The summed E-state index contributed by atoms with van der Waals surface area (Å²) in [6.45, 7) is 0. The number of nitrogens with zero attached hydrogens (tertiary/aromatic N) is 1. The second-order valence-electron chi connectivity index (χ2n) is 6.26. The summed E-state index contributed by atoms with van der Waals surface area (Å²) >= 11 is 6.02. The fourth-order valence-corrected chi connectivity index (χ4v) is 3.67. The van der Waals surface area contributed by atoms with Crippen molar-refractivity contribution >= 4 is 23.3 Å². The average Bonchev–Trinajstić information content (AvgIpc) is 3.10. The Morgan fingerprint density at radius 2 is 1.89 bits per heavy atom. The van der Waals surface area contributed by atoms with E-state index in [2.05, 4.69) is 15.5 Å². The van der Waals surface area contributed by atoms with E-state index in [1.165, 1.54) is 0 Å². The van der Waals surface area contributed by atoms with Crippen LogP contribution in [0.4, 0.5) is 5.82 Å². The second-order valence-corrected chi connectivity index (χ2v) is 6.69. The molecule has 0 aliphatic carbocycles. The van der Waals surface area contributed by atoms with Gasteiger partial charge >= 0.3 is 0 Å². The Kier molecular flexibility index (Phi) is 4.49. The monoisotopic (exact) mass is 383 g/mol. The minimum atomic E-state index is -0.219. The van der Waals surface area contributed by atoms with Gasteiger partial charge in [0.1, 0.15) is 0 Å². The molecule has 1 aromatic heterocycles. The summed E-state index contributed by atoms with van der Waals surface area (Å²) in [5.41, 5.74) is 3.58. The molecule has 0 radical (unpaired) electrons. The van der Waals surface area contributed by atoms with Gasteiger partial charge in [0.2, 0.25) is 5.91 Å². The summed E-state index contributed by atoms with van der Waals surface area (Å²) in [5, 5.41) is 10.9. The Hall–Kier alpha value is -2.99. The number of methoxy groups -OCH3 is 2. The van der Waals surface area contributed by atoms with Crippen LogP contribution < -0.4 is 14.8 Å². The summed E-state index contributed by atoms with van der Waals surface area (Å²) in [6.07, 6.45) is 0.288. The summed E-state index contributed by atoms with van der Waals surface area (Å²) < 4.78 is 11.0. The predicted octanol–water partition coefficient (Wildman–Crippen LogP) is 4.22. The van der Waals surface area contributed by atoms with Crippen LogP contribution in [0.2, 0.25) is 5.02 Å². The number of ether oxygens (including phenoxy) is 2. The summed E-state index contributed by atoms with van der Waals surface area (Å²) in [6, 6.07) is 13.2. The first kappa shape index (κ1) is 17.4. The Balaban J connectivity index is 1.90. The SMILES string of the molecule is COc1cccc([C@H]2CC(=O)Nc3n[nH]c(-c4ccc(Cl)cc4)c32)c1OC. The van der Waals surface area contributed by atoms with Crippen molar-refractivity contribution in [2.24, 2.45) is 0 Å². The van der Waals surface area contributed by atoms with Crippen molar-refractivity contribution in [1.29, 1.82) is 0 Å². The van der Waals surface area contributed by atoms with Crippen molar-refractivity contribution in [3.63, 3.8) is 0 Å². The Bertz CT molecular complexity index is 998. The maximum absolute atomic E-state index is 12.3. The van der Waals surface area contributed by atoms with Gasteiger partial charge in [-0.1, -0.05) is 35.9 Å². The smallest absolute Gasteiger partial charge is 0.226 e. The normalized spacial score (nSPS) is 15.8. The van der Waals surface area contributed by atoms with Crippen LogP contribution in [0.25, 0.3) is 11.3 Å². The van der Waals surface area contributed by atoms with Gasteiger partial charge in [-0.05, 0) is 18.2 Å². The molecule has 0 fully saturated rings. The molecule has 6 nitrogen and oxygen atoms in total. The molecule has 1 amide bonds. The summed E-state index contributed by atoms with van der Waals surface area (Å²) in [7, 11) is 3.19. The zero-order chi connectivity index (χ0) is 19.0. The van der Waals surface area contributed by atoms with Crippen LogP contribution in [0.3, 0.4) is 0 Å². The van der Waals surface area contributed by atoms with Crippen molar-refractivity contribution in [2.75, 3.05) is 19.5 Å². The van der Waals surface area contributed by atoms with E-state index in [-0.39, 0.29) is 18.2 Å². The van der Waals surface area contributed by atoms with Crippen LogP contribution in [0.1, 0.15) is 23.5 Å². The van der Waals surface area contributed by atoms with Gasteiger partial charge in [-0.25, -0.2) is 0 Å². The first-order valence-corrected chi connectivity index (χ1v) is 8.85. The van der Waals surface area contributed by atoms with Gasteiger partial charge in [0.25, 0.3) is 0 Å². The highest BCUT2D eigenvalue weighted by atomic mass is 35.5. The lowest BCUT2D eigenvalue weighted by atomic mass is 9.84. The van der Waals surface area contributed by atoms with Crippen LogP contribution in [-0.4, -0.2) is 30.3 Å². The van der Waals surface area contributed by atoms with E-state index < -0.39 is 0 Å². The van der Waals surface area contributed by atoms with Crippen molar-refractivity contribution in [3.8, 4) is 22.8 Å². The molecular weight excluding hydrogens is 366 g/mol. The molecule has 3 aromatic rings. The van der Waals surface area contributed by atoms with E-state index in [1.54, 1.807) is 14.2 Å². The minimum absolute atomic E-state index is 0.0912. The van der Waals surface area contributed by atoms with Gasteiger partial charge in [0.05, 0.1) is 19.9 Å². The third-order valence-corrected chi connectivity index (χ3v) is 4.99. The van der Waals surface area contributed by atoms with E-state index in [1.807, 2.05) is 42.5 Å². The number of anilines is 1. The Labute approximate surface area is 161 Å². The van der Waals surface area contributed by atoms with Gasteiger partial charge < -0.3 is 14.8 Å². The maximum Gasteiger partial charge on any atom is 0.226 e. The first-order chi connectivity index (χ1) is 13.1. The molecule has 138 valence electrons. The number of fused-ring (bicyclic) bond motifs is 1. The number of halogens is 1. The standard InChI is InChI=1S/C20H18ClN3O3/c1-26-15-5-3-4-13(19(15)27-2)14-10-16(25)22-20-17(14)18(23-24-20)11-6-8-12(21)9-7-11/h3-9,14H,10H2,1-2H3,(H2,22,23,24,25)/t14-/m1/s1. The second kappa shape index (κ2) is 6.96. The van der Waals surface area contributed by atoms with Gasteiger partial charge in [-0.15, -0.1) is 0 Å². The molecule has 0 bridgehead atoms. The number of aromatic nitrogens is 2. The van der Waals surface area contributed by atoms with Gasteiger partial charge in [0.15, 0.2) is 17.3 Å². The number of nitrogens with one attached hydrogen (secondary N) is 2. The zero-order valence-electron chi connectivity index (χ0n) is 14.9. The molecule has 1 atom stereocenters. The van der Waals surface area contributed by atoms with Crippen LogP contribution >= 0.6 is 11.6 Å². The van der Waals surface area contributed by atoms with Gasteiger partial charge in [-0.3, -0.25) is 9.89 Å². The van der Waals surface area contributed by atoms with Crippen LogP contribution in [-0.2, 0) is 4.79 Å². The third-order valence-electron chi connectivity index (χ3n) is 4.74. The van der Waals surface area contributed by atoms with Crippen molar-refractivity contribution in [3.05, 3.63) is 58.6 Å². The minimum Gasteiger partial charge on any atom is -0.493 e. The van der Waals surface area contributed by atoms with Crippen LogP contribution in [0, 0.1) is 0 Å². The lowest BCUT2D eigenvalue weighted by Gasteiger charge is -2.25. The lowest BCUT2D eigenvalue weighted by molar-refractivity contribution is -0.116. The van der Waals surface area contributed by atoms with Gasteiger partial charge in [0, 0.05) is 34.1 Å². The highest BCUT2D eigenvalue weighted by Gasteiger charge is 2.34. The molecule has 2 aromatic carbocycles. The average molecular weight is 384 g/mol. The number of amides is 1. The predicted molar refractivity (Wildman–Crippen MR) is 104 cm³/mol. The van der Waals surface area contributed by atoms with E-state index in [0.717, 1.165) is 22.4 Å². The number of para-hydroxylation sites is 1. The number of carbonyl (C=O) groups excluding carboxylic acids is 1. The largest absolute Gasteiger partial charge is 0.493 e. The van der Waals surface area contributed by atoms with Crippen molar-refractivity contribution < 1.29 is 14.3 Å². The molecule has 1 aliphatic rings. The first-order valence-electron chi connectivity index (χ1n) is 8.47. The quantitative estimate of drug-likeness (QED) is 0.707. The third kappa shape index (κ3) is 3.02. The van der Waals surface area contributed by atoms with E-state index in [9.17, 15) is 4.79 Å². The number of hydrogen-bond acceptors (Lipinski definition) is 4. The molecule has 27 heavy (non-hydrogen) atoms. The Morgan fingerprint density at radius 1 is 1.11 bits per heavy atom. The summed E-state index contributed by atoms with van der Waals surface area (Å²) in [5.74, 6) is 1.47.